The van der Waals surface area contributed by atoms with Crippen LogP contribution in [0.4, 0.5) is 17.6 Å². The monoisotopic (exact) mass is 321 g/mol. The van der Waals surface area contributed by atoms with E-state index < -0.39 is 17.6 Å². The lowest BCUT2D eigenvalue weighted by Crippen LogP contribution is -2.10. The van der Waals surface area contributed by atoms with Gasteiger partial charge in [-0.05, 0) is 32.0 Å². The summed E-state index contributed by atoms with van der Waals surface area (Å²) in [5, 5.41) is 7.72. The molecule has 0 fully saturated rings. The quantitative estimate of drug-likeness (QED) is 0.619. The van der Waals surface area contributed by atoms with E-state index in [9.17, 15) is 17.6 Å². The molecule has 0 saturated heterocycles. The van der Waals surface area contributed by atoms with Crippen molar-refractivity contribution in [3.63, 3.8) is 0 Å². The molecule has 2 rings (SSSR count). The van der Waals surface area contributed by atoms with Crippen molar-refractivity contribution in [1.29, 1.82) is 0 Å². The fourth-order valence-corrected chi connectivity index (χ4v) is 2.22. The molecule has 0 aliphatic heterocycles. The van der Waals surface area contributed by atoms with Crippen LogP contribution >= 0.6 is 11.6 Å². The maximum absolute atomic E-state index is 13.3. The zero-order valence-electron chi connectivity index (χ0n) is 11.2. The summed E-state index contributed by atoms with van der Waals surface area (Å²) in [4.78, 5) is 0. The van der Waals surface area contributed by atoms with Crippen molar-refractivity contribution < 1.29 is 17.6 Å². The number of benzene rings is 1. The van der Waals surface area contributed by atoms with E-state index in [1.165, 1.54) is 6.07 Å². The summed E-state index contributed by atoms with van der Waals surface area (Å²) in [5.74, 6) is -0.566. The van der Waals surface area contributed by atoms with Gasteiger partial charge in [0, 0.05) is 11.6 Å². The van der Waals surface area contributed by atoms with Crippen molar-refractivity contribution in [2.75, 3.05) is 0 Å². The third kappa shape index (κ3) is 3.02. The van der Waals surface area contributed by atoms with E-state index in [0.717, 1.165) is 12.1 Å². The fraction of sp³-hybridized carbons (Fsp3) is 0.385. The smallest absolute Gasteiger partial charge is 0.307 e. The van der Waals surface area contributed by atoms with Gasteiger partial charge in [0.25, 0.3) is 0 Å². The average molecular weight is 322 g/mol. The molecule has 0 aliphatic rings. The van der Waals surface area contributed by atoms with Crippen molar-refractivity contribution in [2.24, 2.45) is 0 Å². The molecular formula is C13H12ClF4N3. The lowest BCUT2D eigenvalue weighted by atomic mass is 10.1. The summed E-state index contributed by atoms with van der Waals surface area (Å²) >= 11 is 5.74. The van der Waals surface area contributed by atoms with Gasteiger partial charge in [-0.3, -0.25) is 0 Å². The van der Waals surface area contributed by atoms with E-state index in [1.807, 2.05) is 13.8 Å². The van der Waals surface area contributed by atoms with Crippen LogP contribution in [-0.4, -0.2) is 14.8 Å². The fourth-order valence-electron chi connectivity index (χ4n) is 2.04. The Bertz CT molecular complexity index is 649. The number of rotatable bonds is 3. The summed E-state index contributed by atoms with van der Waals surface area (Å²) in [6.07, 6.45) is -4.77. The van der Waals surface area contributed by atoms with Crippen LogP contribution in [0.25, 0.3) is 11.4 Å². The number of hydrogen-bond acceptors (Lipinski definition) is 2. The molecule has 0 radical (unpaired) electrons. The van der Waals surface area contributed by atoms with Gasteiger partial charge < -0.3 is 4.57 Å². The molecule has 0 bridgehead atoms. The van der Waals surface area contributed by atoms with Gasteiger partial charge in [0.05, 0.1) is 11.4 Å². The summed E-state index contributed by atoms with van der Waals surface area (Å²) in [7, 11) is 0. The highest BCUT2D eigenvalue weighted by Gasteiger charge is 2.34. The van der Waals surface area contributed by atoms with Crippen molar-refractivity contribution in [1.82, 2.24) is 14.8 Å². The third-order valence-corrected chi connectivity index (χ3v) is 3.17. The second kappa shape index (κ2) is 5.63. The van der Waals surface area contributed by atoms with Crippen LogP contribution in [0.5, 0.6) is 0 Å². The molecular weight excluding hydrogens is 310 g/mol. The highest BCUT2D eigenvalue weighted by molar-refractivity contribution is 6.16. The summed E-state index contributed by atoms with van der Waals surface area (Å²) < 4.78 is 53.3. The molecule has 21 heavy (non-hydrogen) atoms. The van der Waals surface area contributed by atoms with Crippen LogP contribution in [0.15, 0.2) is 18.2 Å². The molecule has 0 saturated carbocycles. The van der Waals surface area contributed by atoms with Crippen molar-refractivity contribution in [3.05, 3.63) is 35.4 Å². The van der Waals surface area contributed by atoms with Crippen LogP contribution in [-0.2, 0) is 12.1 Å². The maximum Gasteiger partial charge on any atom is 0.419 e. The summed E-state index contributed by atoms with van der Waals surface area (Å²) in [6.45, 7) is 3.66. The minimum Gasteiger partial charge on any atom is -0.307 e. The summed E-state index contributed by atoms with van der Waals surface area (Å²) in [5.41, 5.74) is -1.19. The lowest BCUT2D eigenvalue weighted by molar-refractivity contribution is -0.139. The average Bonchev–Trinajstić information content (AvgIpc) is 2.81. The Kier molecular flexibility index (Phi) is 4.22. The Hall–Kier alpha value is -1.63. The van der Waals surface area contributed by atoms with E-state index in [2.05, 4.69) is 10.2 Å². The molecule has 1 heterocycles. The number of hydrogen-bond donors (Lipinski definition) is 0. The molecule has 0 aliphatic carbocycles. The van der Waals surface area contributed by atoms with Gasteiger partial charge in [0.15, 0.2) is 5.82 Å². The van der Waals surface area contributed by atoms with Crippen molar-refractivity contribution in [2.45, 2.75) is 31.9 Å². The van der Waals surface area contributed by atoms with Crippen LogP contribution in [0.1, 0.15) is 31.3 Å². The summed E-state index contributed by atoms with van der Waals surface area (Å²) in [6, 6.07) is 2.66. The SMILES string of the molecule is CC(C)n1c(CCl)nnc1-c1ccc(F)c(C(F)(F)F)c1. The Morgan fingerprint density at radius 3 is 2.43 bits per heavy atom. The molecule has 0 unspecified atom stereocenters. The van der Waals surface area contributed by atoms with Crippen LogP contribution < -0.4 is 0 Å². The number of aromatic nitrogens is 3. The second-order valence-corrected chi connectivity index (χ2v) is 5.00. The molecule has 114 valence electrons. The van der Waals surface area contributed by atoms with Crippen LogP contribution in [0.3, 0.4) is 0 Å². The first-order valence-electron chi connectivity index (χ1n) is 6.12. The van der Waals surface area contributed by atoms with Crippen molar-refractivity contribution >= 4 is 11.6 Å². The van der Waals surface area contributed by atoms with Gasteiger partial charge in [-0.2, -0.15) is 13.2 Å². The van der Waals surface area contributed by atoms with Gasteiger partial charge in [0.2, 0.25) is 0 Å². The third-order valence-electron chi connectivity index (χ3n) is 2.93. The minimum atomic E-state index is -4.77. The van der Waals surface area contributed by atoms with Gasteiger partial charge in [0.1, 0.15) is 11.6 Å². The van der Waals surface area contributed by atoms with Gasteiger partial charge in [-0.25, -0.2) is 4.39 Å². The molecule has 8 heteroatoms. The highest BCUT2D eigenvalue weighted by Crippen LogP contribution is 2.34. The molecule has 0 N–H and O–H groups in total. The zero-order valence-corrected chi connectivity index (χ0v) is 12.0. The zero-order chi connectivity index (χ0) is 15.8. The van der Waals surface area contributed by atoms with E-state index in [4.69, 9.17) is 11.6 Å². The number of halogens is 5. The molecule has 0 atom stereocenters. The highest BCUT2D eigenvalue weighted by atomic mass is 35.5. The largest absolute Gasteiger partial charge is 0.419 e. The van der Waals surface area contributed by atoms with Gasteiger partial charge >= 0.3 is 6.18 Å². The van der Waals surface area contributed by atoms with Gasteiger partial charge in [-0.1, -0.05) is 0 Å². The Morgan fingerprint density at radius 1 is 1.24 bits per heavy atom. The number of nitrogens with zero attached hydrogens (tertiary/aromatic N) is 3. The van der Waals surface area contributed by atoms with E-state index in [0.29, 0.717) is 5.82 Å². The van der Waals surface area contributed by atoms with Crippen LogP contribution in [0, 0.1) is 5.82 Å². The van der Waals surface area contributed by atoms with E-state index in [-0.39, 0.29) is 23.3 Å². The standard InChI is InChI=1S/C13H12ClF4N3/c1-7(2)21-11(6-14)19-20-12(21)8-3-4-10(15)9(5-8)13(16,17)18/h3-5,7H,6H2,1-2H3. The normalized spacial score (nSPS) is 12.2. The Labute approximate surface area is 123 Å². The topological polar surface area (TPSA) is 30.7 Å². The molecule has 2 aromatic rings. The maximum atomic E-state index is 13.3. The first-order valence-corrected chi connectivity index (χ1v) is 6.66. The Balaban J connectivity index is 2.61. The molecule has 0 amide bonds. The van der Waals surface area contributed by atoms with Crippen LogP contribution in [0.2, 0.25) is 0 Å². The first kappa shape index (κ1) is 15.8. The van der Waals surface area contributed by atoms with E-state index in [1.54, 1.807) is 4.57 Å². The number of alkyl halides is 4. The molecule has 1 aromatic carbocycles. The minimum absolute atomic E-state index is 0.0818. The van der Waals surface area contributed by atoms with Gasteiger partial charge in [-0.15, -0.1) is 21.8 Å². The predicted octanol–water partition coefficient (Wildman–Crippen LogP) is 4.42. The lowest BCUT2D eigenvalue weighted by Gasteiger charge is -2.14. The molecule has 1 aromatic heterocycles. The second-order valence-electron chi connectivity index (χ2n) is 4.73. The van der Waals surface area contributed by atoms with E-state index >= 15 is 0 Å². The van der Waals surface area contributed by atoms with Crippen molar-refractivity contribution in [3.8, 4) is 11.4 Å². The Morgan fingerprint density at radius 2 is 1.90 bits per heavy atom. The predicted molar refractivity (Wildman–Crippen MR) is 70.4 cm³/mol. The first-order chi connectivity index (χ1) is 9.75. The molecule has 3 nitrogen and oxygen atoms in total. The molecule has 0 spiro atoms.